The number of amides is 1. The monoisotopic (exact) mass is 335 g/mol. The fraction of sp³-hybridized carbons (Fsp3) is 0.556. The van der Waals surface area contributed by atoms with Crippen molar-refractivity contribution in [3.63, 3.8) is 0 Å². The first-order chi connectivity index (χ1) is 11.3. The molecule has 1 unspecified atom stereocenters. The minimum Gasteiger partial charge on any atom is -0.465 e. The van der Waals surface area contributed by atoms with Crippen molar-refractivity contribution >= 4 is 12.1 Å². The first kappa shape index (κ1) is 18.3. The van der Waals surface area contributed by atoms with Gasteiger partial charge in [0.15, 0.2) is 0 Å². The number of hydrogen-bond acceptors (Lipinski definition) is 5. The normalized spacial score (nSPS) is 18.7. The van der Waals surface area contributed by atoms with Gasteiger partial charge in [0.25, 0.3) is 0 Å². The van der Waals surface area contributed by atoms with Crippen LogP contribution in [0.2, 0.25) is 0 Å². The quantitative estimate of drug-likeness (QED) is 0.777. The largest absolute Gasteiger partial charge is 0.465 e. The first-order valence-corrected chi connectivity index (χ1v) is 8.07. The molecule has 0 bridgehead atoms. The number of methoxy groups -OCH3 is 1. The van der Waals surface area contributed by atoms with E-state index in [4.69, 9.17) is 14.2 Å². The lowest BCUT2D eigenvalue weighted by Crippen LogP contribution is -2.40. The molecule has 0 spiro atoms. The summed E-state index contributed by atoms with van der Waals surface area (Å²) in [5.74, 6) is -0.386. The van der Waals surface area contributed by atoms with Gasteiger partial charge in [-0.1, -0.05) is 12.1 Å². The summed E-state index contributed by atoms with van der Waals surface area (Å²) in [5, 5.41) is 0. The van der Waals surface area contributed by atoms with Gasteiger partial charge in [0.05, 0.1) is 25.3 Å². The zero-order valence-corrected chi connectivity index (χ0v) is 14.7. The van der Waals surface area contributed by atoms with Gasteiger partial charge >= 0.3 is 12.1 Å². The highest BCUT2D eigenvalue weighted by molar-refractivity contribution is 5.89. The Morgan fingerprint density at radius 2 is 1.88 bits per heavy atom. The SMILES string of the molecule is COC(=O)c1ccc(C2COCCCN2C(=O)OC(C)(C)C)cc1. The summed E-state index contributed by atoms with van der Waals surface area (Å²) in [4.78, 5) is 25.8. The second-order valence-corrected chi connectivity index (χ2v) is 6.73. The summed E-state index contributed by atoms with van der Waals surface area (Å²) in [5.41, 5.74) is 0.818. The minimum absolute atomic E-state index is 0.242. The lowest BCUT2D eigenvalue weighted by molar-refractivity contribution is 0.0118. The molecule has 6 nitrogen and oxygen atoms in total. The van der Waals surface area contributed by atoms with E-state index in [1.54, 1.807) is 17.0 Å². The molecule has 24 heavy (non-hydrogen) atoms. The predicted molar refractivity (Wildman–Crippen MR) is 88.9 cm³/mol. The molecule has 0 aromatic heterocycles. The van der Waals surface area contributed by atoms with Crippen molar-refractivity contribution in [2.75, 3.05) is 26.9 Å². The molecule has 2 rings (SSSR count). The number of carbonyl (C=O) groups excluding carboxylic acids is 2. The van der Waals surface area contributed by atoms with Crippen LogP contribution < -0.4 is 0 Å². The van der Waals surface area contributed by atoms with Crippen LogP contribution in [0.15, 0.2) is 24.3 Å². The molecule has 1 aliphatic rings. The van der Waals surface area contributed by atoms with Gasteiger partial charge in [-0.25, -0.2) is 9.59 Å². The van der Waals surface area contributed by atoms with Gasteiger partial charge in [-0.2, -0.15) is 0 Å². The van der Waals surface area contributed by atoms with Gasteiger partial charge in [-0.05, 0) is 44.9 Å². The average molecular weight is 335 g/mol. The van der Waals surface area contributed by atoms with Crippen LogP contribution in [0.3, 0.4) is 0 Å². The van der Waals surface area contributed by atoms with Crippen LogP contribution in [-0.2, 0) is 14.2 Å². The Morgan fingerprint density at radius 3 is 2.46 bits per heavy atom. The fourth-order valence-corrected chi connectivity index (χ4v) is 2.55. The Morgan fingerprint density at radius 1 is 1.21 bits per heavy atom. The summed E-state index contributed by atoms with van der Waals surface area (Å²) < 4.78 is 15.9. The molecule has 1 heterocycles. The van der Waals surface area contributed by atoms with Crippen LogP contribution in [0.5, 0.6) is 0 Å². The molecular formula is C18H25NO5. The van der Waals surface area contributed by atoms with Gasteiger partial charge in [0.1, 0.15) is 5.60 Å². The number of benzene rings is 1. The number of hydrogen-bond donors (Lipinski definition) is 0. The van der Waals surface area contributed by atoms with Crippen molar-refractivity contribution in [2.24, 2.45) is 0 Å². The second-order valence-electron chi connectivity index (χ2n) is 6.73. The van der Waals surface area contributed by atoms with E-state index in [2.05, 4.69) is 0 Å². The number of rotatable bonds is 2. The maximum Gasteiger partial charge on any atom is 0.410 e. The molecule has 1 amide bonds. The van der Waals surface area contributed by atoms with Crippen LogP contribution in [0.1, 0.15) is 49.2 Å². The molecular weight excluding hydrogens is 310 g/mol. The van der Waals surface area contributed by atoms with Crippen molar-refractivity contribution in [1.29, 1.82) is 0 Å². The van der Waals surface area contributed by atoms with Crippen LogP contribution in [0.25, 0.3) is 0 Å². The number of ether oxygens (including phenoxy) is 3. The summed E-state index contributed by atoms with van der Waals surface area (Å²) in [7, 11) is 1.35. The molecule has 1 aliphatic heterocycles. The minimum atomic E-state index is -0.552. The molecule has 0 saturated carbocycles. The van der Waals surface area contributed by atoms with E-state index < -0.39 is 5.60 Å². The number of nitrogens with zero attached hydrogens (tertiary/aromatic N) is 1. The van der Waals surface area contributed by atoms with Gasteiger partial charge in [0.2, 0.25) is 0 Å². The molecule has 1 fully saturated rings. The van der Waals surface area contributed by atoms with E-state index in [0.717, 1.165) is 12.0 Å². The summed E-state index contributed by atoms with van der Waals surface area (Å²) in [6.07, 6.45) is 0.408. The van der Waals surface area contributed by atoms with E-state index in [0.29, 0.717) is 25.3 Å². The van der Waals surface area contributed by atoms with Gasteiger partial charge in [-0.15, -0.1) is 0 Å². The molecule has 0 N–H and O–H groups in total. The summed E-state index contributed by atoms with van der Waals surface area (Å²) in [6.45, 7) is 7.11. The molecule has 1 aromatic carbocycles. The Bertz CT molecular complexity index is 576. The van der Waals surface area contributed by atoms with E-state index >= 15 is 0 Å². The van der Waals surface area contributed by atoms with Crippen molar-refractivity contribution in [1.82, 2.24) is 4.90 Å². The average Bonchev–Trinajstić information content (AvgIpc) is 2.78. The lowest BCUT2D eigenvalue weighted by Gasteiger charge is -2.32. The number of carbonyl (C=O) groups is 2. The summed E-state index contributed by atoms with van der Waals surface area (Å²) >= 11 is 0. The summed E-state index contributed by atoms with van der Waals surface area (Å²) in [6, 6.07) is 6.79. The van der Waals surface area contributed by atoms with E-state index in [1.165, 1.54) is 7.11 Å². The van der Waals surface area contributed by atoms with E-state index in [1.807, 2.05) is 32.9 Å². The Balaban J connectivity index is 2.22. The first-order valence-electron chi connectivity index (χ1n) is 8.07. The second kappa shape index (κ2) is 7.66. The molecule has 0 radical (unpaired) electrons. The third-order valence-corrected chi connectivity index (χ3v) is 3.68. The van der Waals surface area contributed by atoms with Crippen molar-refractivity contribution < 1.29 is 23.8 Å². The standard InChI is InChI=1S/C18H25NO5/c1-18(2,3)24-17(21)19-10-5-11-23-12-15(19)13-6-8-14(9-7-13)16(20)22-4/h6-9,15H,5,10-12H2,1-4H3. The van der Waals surface area contributed by atoms with Crippen LogP contribution >= 0.6 is 0 Å². The topological polar surface area (TPSA) is 65.1 Å². The Hall–Kier alpha value is -2.08. The van der Waals surface area contributed by atoms with Crippen molar-refractivity contribution in [3.8, 4) is 0 Å². The van der Waals surface area contributed by atoms with Gasteiger partial charge in [-0.3, -0.25) is 4.90 Å². The van der Waals surface area contributed by atoms with Crippen LogP contribution in [0.4, 0.5) is 4.79 Å². The molecule has 1 aromatic rings. The zero-order valence-electron chi connectivity index (χ0n) is 14.7. The molecule has 132 valence electrons. The Kier molecular flexibility index (Phi) is 5.83. The molecule has 0 aliphatic carbocycles. The zero-order chi connectivity index (χ0) is 17.7. The Labute approximate surface area is 142 Å². The number of esters is 1. The maximum absolute atomic E-state index is 12.5. The maximum atomic E-state index is 12.5. The van der Waals surface area contributed by atoms with Crippen LogP contribution in [-0.4, -0.2) is 49.4 Å². The smallest absolute Gasteiger partial charge is 0.410 e. The van der Waals surface area contributed by atoms with Crippen molar-refractivity contribution in [2.45, 2.75) is 38.8 Å². The highest BCUT2D eigenvalue weighted by Gasteiger charge is 2.31. The predicted octanol–water partition coefficient (Wildman–Crippen LogP) is 3.17. The lowest BCUT2D eigenvalue weighted by atomic mass is 10.0. The highest BCUT2D eigenvalue weighted by Crippen LogP contribution is 2.26. The molecule has 6 heteroatoms. The van der Waals surface area contributed by atoms with E-state index in [9.17, 15) is 9.59 Å². The third-order valence-electron chi connectivity index (χ3n) is 3.68. The molecule has 1 atom stereocenters. The van der Waals surface area contributed by atoms with Crippen LogP contribution in [0, 0.1) is 0 Å². The highest BCUT2D eigenvalue weighted by atomic mass is 16.6. The fourth-order valence-electron chi connectivity index (χ4n) is 2.55. The van der Waals surface area contributed by atoms with Gasteiger partial charge in [0, 0.05) is 13.2 Å². The van der Waals surface area contributed by atoms with E-state index in [-0.39, 0.29) is 18.1 Å². The van der Waals surface area contributed by atoms with Gasteiger partial charge < -0.3 is 14.2 Å². The van der Waals surface area contributed by atoms with Crippen molar-refractivity contribution in [3.05, 3.63) is 35.4 Å². The third kappa shape index (κ3) is 4.71. The molecule has 1 saturated heterocycles.